The van der Waals surface area contributed by atoms with Crippen molar-refractivity contribution in [3.8, 4) is 17.1 Å². The second-order valence-corrected chi connectivity index (χ2v) is 7.26. The van der Waals surface area contributed by atoms with Crippen LogP contribution in [0.25, 0.3) is 17.5 Å². The minimum Gasteiger partial charge on any atom is -0.497 e. The molecule has 0 spiro atoms. The summed E-state index contributed by atoms with van der Waals surface area (Å²) in [6, 6.07) is 14.9. The number of H-pyrrole nitrogens is 1. The van der Waals surface area contributed by atoms with E-state index >= 15 is 0 Å². The average molecular weight is 417 g/mol. The van der Waals surface area contributed by atoms with E-state index in [1.165, 1.54) is 6.08 Å². The number of ether oxygens (including phenoxy) is 1. The molecule has 0 aliphatic heterocycles. The number of benzene rings is 2. The van der Waals surface area contributed by atoms with E-state index in [1.54, 1.807) is 25.3 Å². The first-order chi connectivity index (χ1) is 15.1. The summed E-state index contributed by atoms with van der Waals surface area (Å²) in [4.78, 5) is 28.5. The standard InChI is InChI=1S/C23H23N5O3/c1-31-19-11-7-16(8-12-19)22-26-20(27-28-22)14-24-21(29)13-4-15-2-5-17(6-3-15)23(30)25-18-9-10-18/h2-8,11-13,18H,9-10,14H2,1H3,(H,24,29)(H,25,30)(H,26,27,28)/b13-4+. The highest BCUT2D eigenvalue weighted by molar-refractivity contribution is 5.95. The normalized spacial score (nSPS) is 13.2. The maximum Gasteiger partial charge on any atom is 0.251 e. The van der Waals surface area contributed by atoms with Gasteiger partial charge in [-0.25, -0.2) is 4.98 Å². The quantitative estimate of drug-likeness (QED) is 0.488. The molecule has 2 amide bonds. The molecule has 4 rings (SSSR count). The third kappa shape index (κ3) is 5.57. The lowest BCUT2D eigenvalue weighted by Crippen LogP contribution is -2.25. The first-order valence-corrected chi connectivity index (χ1v) is 10.0. The van der Waals surface area contributed by atoms with E-state index in [9.17, 15) is 9.59 Å². The van der Waals surface area contributed by atoms with Crippen molar-refractivity contribution >= 4 is 17.9 Å². The van der Waals surface area contributed by atoms with Crippen LogP contribution in [0.4, 0.5) is 0 Å². The molecule has 0 saturated heterocycles. The maximum atomic E-state index is 12.1. The number of hydrogen-bond donors (Lipinski definition) is 3. The number of carbonyl (C=O) groups excluding carboxylic acids is 2. The van der Waals surface area contributed by atoms with Crippen molar-refractivity contribution in [3.05, 3.63) is 71.6 Å². The first kappa shape index (κ1) is 20.3. The third-order valence-corrected chi connectivity index (χ3v) is 4.82. The molecule has 1 saturated carbocycles. The molecule has 1 heterocycles. The number of amides is 2. The van der Waals surface area contributed by atoms with Crippen LogP contribution in [0, 0.1) is 0 Å². The van der Waals surface area contributed by atoms with E-state index in [2.05, 4.69) is 25.8 Å². The van der Waals surface area contributed by atoms with E-state index in [4.69, 9.17) is 4.74 Å². The van der Waals surface area contributed by atoms with E-state index in [1.807, 2.05) is 36.4 Å². The third-order valence-electron chi connectivity index (χ3n) is 4.82. The summed E-state index contributed by atoms with van der Waals surface area (Å²) in [5, 5.41) is 12.7. The largest absolute Gasteiger partial charge is 0.497 e. The number of nitrogens with one attached hydrogen (secondary N) is 3. The predicted molar refractivity (Wildman–Crippen MR) is 116 cm³/mol. The number of aromatic amines is 1. The Labute approximate surface area is 179 Å². The van der Waals surface area contributed by atoms with Crippen LogP contribution in [-0.4, -0.2) is 40.1 Å². The first-order valence-electron chi connectivity index (χ1n) is 10.0. The highest BCUT2D eigenvalue weighted by Crippen LogP contribution is 2.20. The second kappa shape index (κ2) is 9.25. The second-order valence-electron chi connectivity index (χ2n) is 7.26. The van der Waals surface area contributed by atoms with Gasteiger partial charge in [-0.05, 0) is 60.9 Å². The Hall–Kier alpha value is -3.94. The zero-order valence-corrected chi connectivity index (χ0v) is 17.1. The van der Waals surface area contributed by atoms with E-state index in [-0.39, 0.29) is 18.4 Å². The number of carbonyl (C=O) groups is 2. The van der Waals surface area contributed by atoms with Gasteiger partial charge in [-0.15, -0.1) is 0 Å². The monoisotopic (exact) mass is 417 g/mol. The molecule has 8 nitrogen and oxygen atoms in total. The fourth-order valence-electron chi connectivity index (χ4n) is 2.89. The summed E-state index contributed by atoms with van der Waals surface area (Å²) >= 11 is 0. The van der Waals surface area contributed by atoms with Gasteiger partial charge in [0.1, 0.15) is 11.6 Å². The summed E-state index contributed by atoms with van der Waals surface area (Å²) in [7, 11) is 1.61. The Balaban J connectivity index is 1.27. The van der Waals surface area contributed by atoms with Crippen LogP contribution in [0.15, 0.2) is 54.6 Å². The molecule has 1 aliphatic rings. The fourth-order valence-corrected chi connectivity index (χ4v) is 2.89. The summed E-state index contributed by atoms with van der Waals surface area (Å²) in [6.07, 6.45) is 5.25. The number of rotatable bonds is 8. The Morgan fingerprint density at radius 1 is 1.13 bits per heavy atom. The van der Waals surface area contributed by atoms with E-state index in [0.717, 1.165) is 29.7 Å². The molecule has 1 aromatic heterocycles. The summed E-state index contributed by atoms with van der Waals surface area (Å²) < 4.78 is 5.14. The zero-order valence-electron chi connectivity index (χ0n) is 17.1. The number of nitrogens with zero attached hydrogens (tertiary/aromatic N) is 2. The number of methoxy groups -OCH3 is 1. The van der Waals surface area contributed by atoms with Crippen LogP contribution < -0.4 is 15.4 Å². The molecule has 0 radical (unpaired) electrons. The van der Waals surface area contributed by atoms with Gasteiger partial charge in [0, 0.05) is 23.2 Å². The molecule has 0 unspecified atom stereocenters. The van der Waals surface area contributed by atoms with Crippen molar-refractivity contribution in [2.75, 3.05) is 7.11 Å². The van der Waals surface area contributed by atoms with Crippen LogP contribution in [0.5, 0.6) is 5.75 Å². The van der Waals surface area contributed by atoms with Gasteiger partial charge in [-0.2, -0.15) is 5.10 Å². The van der Waals surface area contributed by atoms with Crippen LogP contribution in [0.1, 0.15) is 34.6 Å². The minimum absolute atomic E-state index is 0.0585. The SMILES string of the molecule is COc1ccc(-c2n[nH]c(CNC(=O)/C=C/c3ccc(C(=O)NC4CC4)cc3)n2)cc1. The minimum atomic E-state index is -0.252. The predicted octanol–water partition coefficient (Wildman–Crippen LogP) is 2.70. The molecule has 0 atom stereocenters. The van der Waals surface area contributed by atoms with Gasteiger partial charge in [0.2, 0.25) is 5.91 Å². The lowest BCUT2D eigenvalue weighted by molar-refractivity contribution is -0.116. The van der Waals surface area contributed by atoms with Gasteiger partial charge in [0.05, 0.1) is 13.7 Å². The smallest absolute Gasteiger partial charge is 0.251 e. The summed E-state index contributed by atoms with van der Waals surface area (Å²) in [5.41, 5.74) is 2.30. The Morgan fingerprint density at radius 3 is 2.55 bits per heavy atom. The summed E-state index contributed by atoms with van der Waals surface area (Å²) in [5.74, 6) is 1.55. The Morgan fingerprint density at radius 2 is 1.87 bits per heavy atom. The van der Waals surface area contributed by atoms with Crippen LogP contribution in [0.2, 0.25) is 0 Å². The molecule has 8 heteroatoms. The molecule has 0 bridgehead atoms. The van der Waals surface area contributed by atoms with E-state index < -0.39 is 0 Å². The van der Waals surface area contributed by atoms with Crippen molar-refractivity contribution in [2.24, 2.45) is 0 Å². The highest BCUT2D eigenvalue weighted by atomic mass is 16.5. The van der Waals surface area contributed by atoms with Crippen LogP contribution >= 0.6 is 0 Å². The van der Waals surface area contributed by atoms with Gasteiger partial charge in [0.15, 0.2) is 5.82 Å². The van der Waals surface area contributed by atoms with Gasteiger partial charge >= 0.3 is 0 Å². The average Bonchev–Trinajstić information content (AvgIpc) is 3.49. The van der Waals surface area contributed by atoms with E-state index in [0.29, 0.717) is 23.3 Å². The molecular weight excluding hydrogens is 394 g/mol. The molecule has 2 aromatic carbocycles. The fraction of sp³-hybridized carbons (Fsp3) is 0.217. The lowest BCUT2D eigenvalue weighted by atomic mass is 10.1. The van der Waals surface area contributed by atoms with Crippen molar-refractivity contribution in [3.63, 3.8) is 0 Å². The van der Waals surface area contributed by atoms with Crippen LogP contribution in [0.3, 0.4) is 0 Å². The molecule has 3 aromatic rings. The molecule has 3 N–H and O–H groups in total. The number of aromatic nitrogens is 3. The molecule has 1 fully saturated rings. The van der Waals surface area contributed by atoms with Gasteiger partial charge in [-0.1, -0.05) is 12.1 Å². The zero-order chi connectivity index (χ0) is 21.6. The van der Waals surface area contributed by atoms with Crippen LogP contribution in [-0.2, 0) is 11.3 Å². The lowest BCUT2D eigenvalue weighted by Gasteiger charge is -2.03. The van der Waals surface area contributed by atoms with Crippen molar-refractivity contribution < 1.29 is 14.3 Å². The Kier molecular flexibility index (Phi) is 6.07. The molecule has 1 aliphatic carbocycles. The number of hydrogen-bond acceptors (Lipinski definition) is 5. The Bertz CT molecular complexity index is 1080. The topological polar surface area (TPSA) is 109 Å². The van der Waals surface area contributed by atoms with Crippen molar-refractivity contribution in [1.82, 2.24) is 25.8 Å². The van der Waals surface area contributed by atoms with Gasteiger partial charge in [0.25, 0.3) is 5.91 Å². The summed E-state index contributed by atoms with van der Waals surface area (Å²) in [6.45, 7) is 0.229. The molecule has 31 heavy (non-hydrogen) atoms. The highest BCUT2D eigenvalue weighted by Gasteiger charge is 2.23. The maximum absolute atomic E-state index is 12.1. The van der Waals surface area contributed by atoms with Gasteiger partial charge < -0.3 is 15.4 Å². The van der Waals surface area contributed by atoms with Crippen molar-refractivity contribution in [1.29, 1.82) is 0 Å². The van der Waals surface area contributed by atoms with Gasteiger partial charge in [-0.3, -0.25) is 14.7 Å². The van der Waals surface area contributed by atoms with Crippen molar-refractivity contribution in [2.45, 2.75) is 25.4 Å². The molecular formula is C23H23N5O3. The molecule has 158 valence electrons.